The second-order valence-electron chi connectivity index (χ2n) is 7.41. The Morgan fingerprint density at radius 3 is 2.59 bits per heavy atom. The fourth-order valence-electron chi connectivity index (χ4n) is 4.07. The first-order valence-corrected chi connectivity index (χ1v) is 9.97. The molecule has 0 amide bonds. The minimum Gasteiger partial charge on any atom is -0.477 e. The molecule has 5 heteroatoms. The van der Waals surface area contributed by atoms with Crippen molar-refractivity contribution in [2.45, 2.75) is 31.7 Å². The number of para-hydroxylation sites is 1. The summed E-state index contributed by atoms with van der Waals surface area (Å²) in [5.41, 5.74) is 4.19. The number of Topliss-reactive ketones (excluding diaryl/α,β-unsaturated/α-hetero) is 1. The summed E-state index contributed by atoms with van der Waals surface area (Å²) in [4.78, 5) is 27.3. The molecule has 0 radical (unpaired) electrons. The van der Waals surface area contributed by atoms with Crippen LogP contribution >= 0.6 is 0 Å². The summed E-state index contributed by atoms with van der Waals surface area (Å²) in [6.45, 7) is 0.687. The summed E-state index contributed by atoms with van der Waals surface area (Å²) in [5.74, 6) is -0.780. The number of nitrogens with one attached hydrogen (secondary N) is 2. The standard InChI is InChI=1S/C24H24N2O3/c27-22(21-15-17(13-14-25-21)16-7-2-1-3-8-16)12-6-10-19-18-9-4-5-11-20(18)26-23(19)24(28)29/h1-5,7-9,11,13,21,25-26H,6,10,12,14-15H2,(H,28,29). The molecule has 3 N–H and O–H groups in total. The molecule has 0 aliphatic carbocycles. The number of hydrogen-bond donors (Lipinski definition) is 3. The molecule has 1 aromatic heterocycles. The Hall–Kier alpha value is -3.18. The van der Waals surface area contributed by atoms with Crippen molar-refractivity contribution in [1.82, 2.24) is 10.3 Å². The molecule has 1 atom stereocenters. The molecule has 0 saturated heterocycles. The van der Waals surface area contributed by atoms with E-state index in [0.717, 1.165) is 22.0 Å². The number of carboxylic acids is 1. The van der Waals surface area contributed by atoms with Crippen molar-refractivity contribution in [3.8, 4) is 0 Å². The first kappa shape index (κ1) is 19.2. The van der Waals surface area contributed by atoms with Gasteiger partial charge in [-0.05, 0) is 42.0 Å². The van der Waals surface area contributed by atoms with Crippen LogP contribution in [0.25, 0.3) is 16.5 Å². The highest BCUT2D eigenvalue weighted by Gasteiger charge is 2.23. The van der Waals surface area contributed by atoms with Gasteiger partial charge >= 0.3 is 5.97 Å². The van der Waals surface area contributed by atoms with Gasteiger partial charge in [0, 0.05) is 23.9 Å². The van der Waals surface area contributed by atoms with Gasteiger partial charge in [0.05, 0.1) is 6.04 Å². The number of fused-ring (bicyclic) bond motifs is 1. The third-order valence-electron chi connectivity index (χ3n) is 5.55. The van der Waals surface area contributed by atoms with Crippen LogP contribution in [0.4, 0.5) is 0 Å². The lowest BCUT2D eigenvalue weighted by molar-refractivity contribution is -0.121. The van der Waals surface area contributed by atoms with Crippen LogP contribution in [-0.2, 0) is 11.2 Å². The summed E-state index contributed by atoms with van der Waals surface area (Å²) in [6, 6.07) is 17.6. The molecule has 0 saturated carbocycles. The Balaban J connectivity index is 1.40. The normalized spacial score (nSPS) is 16.6. The highest BCUT2D eigenvalue weighted by Crippen LogP contribution is 2.26. The van der Waals surface area contributed by atoms with Crippen molar-refractivity contribution in [1.29, 1.82) is 0 Å². The summed E-state index contributed by atoms with van der Waals surface area (Å²) in [5, 5.41) is 13.7. The Morgan fingerprint density at radius 1 is 1.03 bits per heavy atom. The third kappa shape index (κ3) is 4.15. The van der Waals surface area contributed by atoms with Crippen LogP contribution in [-0.4, -0.2) is 34.4 Å². The van der Waals surface area contributed by atoms with E-state index in [1.807, 2.05) is 42.5 Å². The summed E-state index contributed by atoms with van der Waals surface area (Å²) in [7, 11) is 0. The zero-order chi connectivity index (χ0) is 20.2. The smallest absolute Gasteiger partial charge is 0.352 e. The Kier molecular flexibility index (Phi) is 5.58. The highest BCUT2D eigenvalue weighted by molar-refractivity contribution is 5.97. The van der Waals surface area contributed by atoms with Crippen LogP contribution in [0.1, 0.15) is 40.9 Å². The largest absolute Gasteiger partial charge is 0.477 e. The molecule has 1 aliphatic rings. The Bertz CT molecular complexity index is 1070. The van der Waals surface area contributed by atoms with E-state index in [4.69, 9.17) is 0 Å². The van der Waals surface area contributed by atoms with Crippen LogP contribution in [0.2, 0.25) is 0 Å². The number of benzene rings is 2. The SMILES string of the molecule is O=C(O)c1[nH]c2ccccc2c1CCCC(=O)C1CC(c2ccccc2)=CCN1. The van der Waals surface area contributed by atoms with Crippen LogP contribution in [0.5, 0.6) is 0 Å². The lowest BCUT2D eigenvalue weighted by Crippen LogP contribution is -2.39. The fraction of sp³-hybridized carbons (Fsp3) is 0.250. The van der Waals surface area contributed by atoms with Crippen molar-refractivity contribution in [3.63, 3.8) is 0 Å². The highest BCUT2D eigenvalue weighted by atomic mass is 16.4. The number of carbonyl (C=O) groups excluding carboxylic acids is 1. The monoisotopic (exact) mass is 388 g/mol. The van der Waals surface area contributed by atoms with Gasteiger partial charge in [-0.25, -0.2) is 4.79 Å². The topological polar surface area (TPSA) is 82.2 Å². The molecule has 1 unspecified atom stereocenters. The first-order chi connectivity index (χ1) is 14.1. The zero-order valence-corrected chi connectivity index (χ0v) is 16.2. The van der Waals surface area contributed by atoms with Crippen molar-refractivity contribution in [3.05, 3.63) is 77.5 Å². The van der Waals surface area contributed by atoms with E-state index in [0.29, 0.717) is 32.2 Å². The minimum atomic E-state index is -0.964. The maximum absolute atomic E-state index is 12.8. The number of aromatic amines is 1. The third-order valence-corrected chi connectivity index (χ3v) is 5.55. The van der Waals surface area contributed by atoms with Crippen LogP contribution in [0.3, 0.4) is 0 Å². The number of rotatable bonds is 7. The molecule has 5 nitrogen and oxygen atoms in total. The van der Waals surface area contributed by atoms with Crippen molar-refractivity contribution >= 4 is 28.2 Å². The molecule has 0 bridgehead atoms. The van der Waals surface area contributed by atoms with Crippen molar-refractivity contribution in [2.75, 3.05) is 6.54 Å². The number of hydrogen-bond acceptors (Lipinski definition) is 3. The van der Waals surface area contributed by atoms with Gasteiger partial charge in [-0.3, -0.25) is 4.79 Å². The molecule has 148 valence electrons. The number of carbonyl (C=O) groups is 2. The van der Waals surface area contributed by atoms with E-state index in [1.54, 1.807) is 0 Å². The second-order valence-corrected chi connectivity index (χ2v) is 7.41. The molecule has 0 spiro atoms. The van der Waals surface area contributed by atoms with Gasteiger partial charge in [0.25, 0.3) is 0 Å². The van der Waals surface area contributed by atoms with Crippen molar-refractivity contribution < 1.29 is 14.7 Å². The lowest BCUT2D eigenvalue weighted by Gasteiger charge is -2.23. The summed E-state index contributed by atoms with van der Waals surface area (Å²) >= 11 is 0. The molecule has 1 aliphatic heterocycles. The number of aromatic nitrogens is 1. The molecule has 0 fully saturated rings. The zero-order valence-electron chi connectivity index (χ0n) is 16.2. The van der Waals surface area contributed by atoms with E-state index in [2.05, 4.69) is 28.5 Å². The van der Waals surface area contributed by atoms with Crippen LogP contribution < -0.4 is 5.32 Å². The number of aryl methyl sites for hydroxylation is 1. The predicted octanol–water partition coefficient (Wildman–Crippen LogP) is 4.20. The van der Waals surface area contributed by atoms with E-state index in [9.17, 15) is 14.7 Å². The molecule has 29 heavy (non-hydrogen) atoms. The molecule has 4 rings (SSSR count). The van der Waals surface area contributed by atoms with Gasteiger partial charge in [0.2, 0.25) is 0 Å². The van der Waals surface area contributed by atoms with Gasteiger partial charge < -0.3 is 15.4 Å². The number of H-pyrrole nitrogens is 1. The quantitative estimate of drug-likeness (QED) is 0.566. The Morgan fingerprint density at radius 2 is 1.79 bits per heavy atom. The van der Waals surface area contributed by atoms with Crippen LogP contribution in [0.15, 0.2) is 60.7 Å². The van der Waals surface area contributed by atoms with Crippen molar-refractivity contribution in [2.24, 2.45) is 0 Å². The van der Waals surface area contributed by atoms with E-state index in [1.165, 1.54) is 5.57 Å². The summed E-state index contributed by atoms with van der Waals surface area (Å²) in [6.07, 6.45) is 4.45. The predicted molar refractivity (Wildman–Crippen MR) is 114 cm³/mol. The molecule has 2 aromatic carbocycles. The molecule has 3 aromatic rings. The van der Waals surface area contributed by atoms with E-state index in [-0.39, 0.29) is 17.5 Å². The van der Waals surface area contributed by atoms with Gasteiger partial charge in [-0.1, -0.05) is 54.6 Å². The maximum Gasteiger partial charge on any atom is 0.352 e. The number of aromatic carboxylic acids is 1. The minimum absolute atomic E-state index is 0.183. The Labute approximate surface area is 169 Å². The molecular weight excluding hydrogens is 364 g/mol. The number of carboxylic acid groups (broad SMARTS) is 1. The number of ketones is 1. The van der Waals surface area contributed by atoms with Crippen LogP contribution in [0, 0.1) is 0 Å². The van der Waals surface area contributed by atoms with Gasteiger partial charge in [-0.15, -0.1) is 0 Å². The molecular formula is C24H24N2O3. The van der Waals surface area contributed by atoms with Gasteiger partial charge in [0.15, 0.2) is 0 Å². The molecule has 2 heterocycles. The van der Waals surface area contributed by atoms with Gasteiger partial charge in [0.1, 0.15) is 11.5 Å². The average Bonchev–Trinajstić information content (AvgIpc) is 3.13. The maximum atomic E-state index is 12.8. The lowest BCUT2D eigenvalue weighted by atomic mass is 9.91. The van der Waals surface area contributed by atoms with Gasteiger partial charge in [-0.2, -0.15) is 0 Å². The summed E-state index contributed by atoms with van der Waals surface area (Å²) < 4.78 is 0. The van der Waals surface area contributed by atoms with E-state index >= 15 is 0 Å². The first-order valence-electron chi connectivity index (χ1n) is 9.97. The fourth-order valence-corrected chi connectivity index (χ4v) is 4.07. The second kappa shape index (κ2) is 8.45. The average molecular weight is 388 g/mol. The van der Waals surface area contributed by atoms with E-state index < -0.39 is 5.97 Å².